The van der Waals surface area contributed by atoms with Crippen molar-refractivity contribution < 1.29 is 9.47 Å². The third kappa shape index (κ3) is 10.6. The normalized spacial score (nSPS) is 17.6. The first-order valence-electron chi connectivity index (χ1n) is 8.46. The van der Waals surface area contributed by atoms with Crippen molar-refractivity contribution >= 4 is 0 Å². The molecule has 0 saturated carbocycles. The largest absolute Gasteiger partial charge is 0.381 e. The second-order valence-corrected chi connectivity index (χ2v) is 7.19. The van der Waals surface area contributed by atoms with Crippen LogP contribution in [0.3, 0.4) is 0 Å². The maximum Gasteiger partial charge on any atom is 0.0594 e. The van der Waals surface area contributed by atoms with Gasteiger partial charge < -0.3 is 9.47 Å². The Labute approximate surface area is 126 Å². The van der Waals surface area contributed by atoms with Crippen LogP contribution in [0.2, 0.25) is 0 Å². The highest BCUT2D eigenvalue weighted by atomic mass is 16.5. The highest BCUT2D eigenvalue weighted by Gasteiger charge is 2.10. The molecule has 0 unspecified atom stereocenters. The molecule has 0 aromatic carbocycles. The molecule has 0 aliphatic carbocycles. The fourth-order valence-corrected chi connectivity index (χ4v) is 2.45. The minimum absolute atomic E-state index is 0.305. The fourth-order valence-electron chi connectivity index (χ4n) is 2.45. The van der Waals surface area contributed by atoms with Gasteiger partial charge in [-0.1, -0.05) is 46.5 Å². The molecule has 1 aliphatic rings. The lowest BCUT2D eigenvalue weighted by Crippen LogP contribution is -2.36. The Bertz CT molecular complexity index is 220. The third-order valence-corrected chi connectivity index (χ3v) is 3.65. The molecule has 1 saturated heterocycles. The van der Waals surface area contributed by atoms with Crippen LogP contribution in [-0.4, -0.2) is 51.0 Å². The van der Waals surface area contributed by atoms with Crippen LogP contribution in [-0.2, 0) is 9.47 Å². The van der Waals surface area contributed by atoms with Crippen molar-refractivity contribution in [3.8, 4) is 0 Å². The monoisotopic (exact) mass is 285 g/mol. The predicted molar refractivity (Wildman–Crippen MR) is 85.2 cm³/mol. The molecule has 1 heterocycles. The molecular weight excluding hydrogens is 250 g/mol. The van der Waals surface area contributed by atoms with E-state index in [1.807, 2.05) is 0 Å². The lowest BCUT2D eigenvalue weighted by atomic mass is 9.99. The van der Waals surface area contributed by atoms with E-state index >= 15 is 0 Å². The summed E-state index contributed by atoms with van der Waals surface area (Å²) in [5, 5.41) is 0. The summed E-state index contributed by atoms with van der Waals surface area (Å²) in [4.78, 5) is 2.53. The maximum atomic E-state index is 5.69. The molecule has 1 fully saturated rings. The van der Waals surface area contributed by atoms with Crippen LogP contribution in [0, 0.1) is 5.41 Å². The van der Waals surface area contributed by atoms with Crippen LogP contribution < -0.4 is 0 Å². The summed E-state index contributed by atoms with van der Waals surface area (Å²) >= 11 is 0. The number of rotatable bonds is 10. The smallest absolute Gasteiger partial charge is 0.0594 e. The predicted octanol–water partition coefficient (Wildman–Crippen LogP) is 3.72. The molecule has 120 valence electrons. The van der Waals surface area contributed by atoms with Gasteiger partial charge in [-0.2, -0.15) is 0 Å². The lowest BCUT2D eigenvalue weighted by Gasteiger charge is -2.26. The Morgan fingerprint density at radius 3 is 2.15 bits per heavy atom. The summed E-state index contributed by atoms with van der Waals surface area (Å²) in [6.07, 6.45) is 8.01. The summed E-state index contributed by atoms with van der Waals surface area (Å²) in [5.74, 6) is 0. The molecule has 0 N–H and O–H groups in total. The van der Waals surface area contributed by atoms with Crippen LogP contribution in [0.5, 0.6) is 0 Å². The molecule has 1 rings (SSSR count). The molecule has 0 spiro atoms. The van der Waals surface area contributed by atoms with Gasteiger partial charge in [0.15, 0.2) is 0 Å². The van der Waals surface area contributed by atoms with Crippen LogP contribution in [0.15, 0.2) is 0 Å². The fraction of sp³-hybridized carbons (Fsp3) is 1.00. The minimum atomic E-state index is 0.305. The maximum absolute atomic E-state index is 5.69. The molecule has 0 amide bonds. The zero-order valence-electron chi connectivity index (χ0n) is 14.0. The summed E-state index contributed by atoms with van der Waals surface area (Å²) < 4.78 is 11.0. The molecule has 20 heavy (non-hydrogen) atoms. The van der Waals surface area contributed by atoms with Gasteiger partial charge >= 0.3 is 0 Å². The van der Waals surface area contributed by atoms with Gasteiger partial charge in [0.05, 0.1) is 19.8 Å². The number of hydrogen-bond acceptors (Lipinski definition) is 3. The van der Waals surface area contributed by atoms with E-state index in [9.17, 15) is 0 Å². The van der Waals surface area contributed by atoms with E-state index in [-0.39, 0.29) is 0 Å². The van der Waals surface area contributed by atoms with E-state index in [0.29, 0.717) is 5.41 Å². The van der Waals surface area contributed by atoms with Gasteiger partial charge in [0, 0.05) is 19.7 Å². The lowest BCUT2D eigenvalue weighted by molar-refractivity contribution is 0.0371. The molecule has 1 aliphatic heterocycles. The van der Waals surface area contributed by atoms with Crippen molar-refractivity contribution in [3.05, 3.63) is 0 Å². The van der Waals surface area contributed by atoms with Crippen LogP contribution in [0.25, 0.3) is 0 Å². The van der Waals surface area contributed by atoms with Crippen molar-refractivity contribution in [1.82, 2.24) is 4.90 Å². The van der Waals surface area contributed by atoms with E-state index in [0.717, 1.165) is 39.5 Å². The van der Waals surface area contributed by atoms with Gasteiger partial charge in [-0.3, -0.25) is 4.90 Å². The molecular formula is C17H35NO2. The first-order valence-corrected chi connectivity index (χ1v) is 8.46. The van der Waals surface area contributed by atoms with E-state index in [4.69, 9.17) is 9.47 Å². The highest BCUT2D eigenvalue weighted by molar-refractivity contribution is 4.61. The van der Waals surface area contributed by atoms with Crippen LogP contribution >= 0.6 is 0 Å². The van der Waals surface area contributed by atoms with Crippen molar-refractivity contribution in [2.45, 2.75) is 59.3 Å². The first kappa shape index (κ1) is 17.9. The average molecular weight is 285 g/mol. The number of ether oxygens (including phenoxy) is 2. The quantitative estimate of drug-likeness (QED) is 0.571. The zero-order valence-corrected chi connectivity index (χ0v) is 14.0. The van der Waals surface area contributed by atoms with Gasteiger partial charge in [0.1, 0.15) is 0 Å². The Morgan fingerprint density at radius 1 is 0.900 bits per heavy atom. The summed E-state index contributed by atoms with van der Waals surface area (Å²) in [7, 11) is 0. The van der Waals surface area contributed by atoms with E-state index in [1.54, 1.807) is 0 Å². The van der Waals surface area contributed by atoms with Gasteiger partial charge in [0.2, 0.25) is 0 Å². The highest BCUT2D eigenvalue weighted by Crippen LogP contribution is 2.13. The molecule has 0 radical (unpaired) electrons. The summed E-state index contributed by atoms with van der Waals surface area (Å²) in [5.41, 5.74) is 0.305. The van der Waals surface area contributed by atoms with Crippen LogP contribution in [0.1, 0.15) is 59.3 Å². The average Bonchev–Trinajstić information content (AvgIpc) is 2.41. The van der Waals surface area contributed by atoms with E-state index in [1.165, 1.54) is 45.1 Å². The standard InChI is InChI=1S/C17H35NO2/c1-17(2,3)16-20-13-9-7-5-4-6-8-10-18-11-14-19-15-12-18/h4-16H2,1-3H3. The Kier molecular flexibility index (Phi) is 9.49. The Balaban J connectivity index is 1.76. The second-order valence-electron chi connectivity index (χ2n) is 7.19. The minimum Gasteiger partial charge on any atom is -0.381 e. The Hall–Kier alpha value is -0.120. The van der Waals surface area contributed by atoms with E-state index in [2.05, 4.69) is 25.7 Å². The van der Waals surface area contributed by atoms with Gasteiger partial charge in [-0.05, 0) is 24.8 Å². The van der Waals surface area contributed by atoms with Crippen molar-refractivity contribution in [3.63, 3.8) is 0 Å². The van der Waals surface area contributed by atoms with Crippen molar-refractivity contribution in [2.75, 3.05) is 46.1 Å². The van der Waals surface area contributed by atoms with Crippen molar-refractivity contribution in [1.29, 1.82) is 0 Å². The molecule has 3 heteroatoms. The zero-order chi connectivity index (χ0) is 14.7. The molecule has 3 nitrogen and oxygen atoms in total. The third-order valence-electron chi connectivity index (χ3n) is 3.65. The second kappa shape index (κ2) is 10.6. The number of morpholine rings is 1. The van der Waals surface area contributed by atoms with Crippen molar-refractivity contribution in [2.24, 2.45) is 5.41 Å². The molecule has 0 bridgehead atoms. The molecule has 0 aromatic rings. The SMILES string of the molecule is CC(C)(C)COCCCCCCCCN1CCOCC1. The first-order chi connectivity index (χ1) is 9.58. The molecule has 0 aromatic heterocycles. The number of unbranched alkanes of at least 4 members (excludes halogenated alkanes) is 5. The topological polar surface area (TPSA) is 21.7 Å². The molecule has 0 atom stereocenters. The van der Waals surface area contributed by atoms with Gasteiger partial charge in [-0.15, -0.1) is 0 Å². The number of nitrogens with zero attached hydrogens (tertiary/aromatic N) is 1. The van der Waals surface area contributed by atoms with E-state index < -0.39 is 0 Å². The summed E-state index contributed by atoms with van der Waals surface area (Å²) in [6.45, 7) is 13.9. The van der Waals surface area contributed by atoms with Gasteiger partial charge in [-0.25, -0.2) is 0 Å². The summed E-state index contributed by atoms with van der Waals surface area (Å²) in [6, 6.07) is 0. The van der Waals surface area contributed by atoms with Gasteiger partial charge in [0.25, 0.3) is 0 Å². The number of hydrogen-bond donors (Lipinski definition) is 0. The Morgan fingerprint density at radius 2 is 1.50 bits per heavy atom. The van der Waals surface area contributed by atoms with Crippen LogP contribution in [0.4, 0.5) is 0 Å².